The molecule has 0 aliphatic rings. The van der Waals surface area contributed by atoms with Crippen molar-refractivity contribution in [2.75, 3.05) is 0 Å². The minimum absolute atomic E-state index is 0.00908. The number of carbonyl (C=O) groups excluding carboxylic acids is 3. The lowest BCUT2D eigenvalue weighted by Gasteiger charge is -2.16. The highest BCUT2D eigenvalue weighted by Gasteiger charge is 2.34. The SMILES string of the molecule is CC.CC.Cc1nc(-c2cccc(C(F)(F)F)n2)c(C(=O)NC(Cc2ccccc2)C(=O)C(N)=O)o1. The quantitative estimate of drug-likeness (QED) is 0.454. The normalized spacial score (nSPS) is 11.2. The van der Waals surface area contributed by atoms with Crippen molar-refractivity contribution in [1.29, 1.82) is 0 Å². The number of carbonyl (C=O) groups is 3. The van der Waals surface area contributed by atoms with Gasteiger partial charge in [0.25, 0.3) is 11.8 Å². The summed E-state index contributed by atoms with van der Waals surface area (Å²) in [5.74, 6) is -3.72. The number of ketones is 1. The first-order chi connectivity index (χ1) is 17.1. The van der Waals surface area contributed by atoms with E-state index in [4.69, 9.17) is 10.2 Å². The minimum atomic E-state index is -4.70. The van der Waals surface area contributed by atoms with Gasteiger partial charge in [-0.1, -0.05) is 64.1 Å². The molecule has 194 valence electrons. The summed E-state index contributed by atoms with van der Waals surface area (Å²) in [7, 11) is 0. The summed E-state index contributed by atoms with van der Waals surface area (Å²) in [4.78, 5) is 44.0. The molecule has 0 saturated heterocycles. The molecule has 0 bridgehead atoms. The lowest BCUT2D eigenvalue weighted by atomic mass is 10.0. The Morgan fingerprint density at radius 1 is 0.972 bits per heavy atom. The van der Waals surface area contributed by atoms with Crippen LogP contribution in [0, 0.1) is 6.92 Å². The van der Waals surface area contributed by atoms with Crippen molar-refractivity contribution in [1.82, 2.24) is 15.3 Å². The summed E-state index contributed by atoms with van der Waals surface area (Å²) < 4.78 is 44.3. The number of Topliss-reactive ketones (excluding diaryl/α,β-unsaturated/α-hetero) is 1. The van der Waals surface area contributed by atoms with Crippen molar-refractivity contribution in [3.8, 4) is 11.4 Å². The number of alkyl halides is 3. The maximum Gasteiger partial charge on any atom is 0.433 e. The molecular weight excluding hydrogens is 477 g/mol. The number of amides is 2. The molecule has 8 nitrogen and oxygen atoms in total. The highest BCUT2D eigenvalue weighted by molar-refractivity contribution is 6.38. The van der Waals surface area contributed by atoms with Gasteiger partial charge in [0.05, 0.1) is 5.69 Å². The van der Waals surface area contributed by atoms with E-state index < -0.39 is 41.3 Å². The summed E-state index contributed by atoms with van der Waals surface area (Å²) in [6, 6.07) is 10.3. The molecule has 1 unspecified atom stereocenters. The Labute approximate surface area is 207 Å². The Morgan fingerprint density at radius 3 is 2.14 bits per heavy atom. The van der Waals surface area contributed by atoms with Gasteiger partial charge in [-0.25, -0.2) is 9.97 Å². The Balaban J connectivity index is 0.00000154. The number of halogens is 3. The van der Waals surface area contributed by atoms with Crippen molar-refractivity contribution in [2.24, 2.45) is 5.73 Å². The molecule has 2 aromatic heterocycles. The second-order valence-electron chi connectivity index (χ2n) is 6.76. The highest BCUT2D eigenvalue weighted by Crippen LogP contribution is 2.30. The fraction of sp³-hybridized carbons (Fsp3) is 0.320. The number of hydrogen-bond acceptors (Lipinski definition) is 6. The predicted molar refractivity (Wildman–Crippen MR) is 128 cm³/mol. The maximum atomic E-state index is 13.0. The van der Waals surface area contributed by atoms with E-state index in [1.54, 1.807) is 30.3 Å². The number of rotatable bonds is 7. The standard InChI is InChI=1S/C21H17F3N4O4.2C2H6/c1-11-26-16(13-8-5-9-15(27-13)21(22,23)24)18(32-11)20(31)28-14(17(29)19(25)30)10-12-6-3-2-4-7-12;2*1-2/h2-9,14H,10H2,1H3,(H2,25,30)(H,28,31);2*1-2H3. The van der Waals surface area contributed by atoms with Crippen LogP contribution in [0.3, 0.4) is 0 Å². The second-order valence-corrected chi connectivity index (χ2v) is 6.76. The van der Waals surface area contributed by atoms with Crippen LogP contribution in [0.5, 0.6) is 0 Å². The molecule has 2 amide bonds. The summed E-state index contributed by atoms with van der Waals surface area (Å²) >= 11 is 0. The third kappa shape index (κ3) is 8.03. The number of nitrogens with two attached hydrogens (primary N) is 1. The molecule has 2 heterocycles. The van der Waals surface area contributed by atoms with Crippen LogP contribution in [0.1, 0.15) is 55.4 Å². The molecule has 0 aliphatic carbocycles. The summed E-state index contributed by atoms with van der Waals surface area (Å²) in [5, 5.41) is 2.36. The summed E-state index contributed by atoms with van der Waals surface area (Å²) in [6.07, 6.45) is -4.75. The van der Waals surface area contributed by atoms with Crippen LogP contribution in [0.2, 0.25) is 0 Å². The first-order valence-electron chi connectivity index (χ1n) is 11.3. The van der Waals surface area contributed by atoms with Crippen LogP contribution in [0.4, 0.5) is 13.2 Å². The first-order valence-corrected chi connectivity index (χ1v) is 11.3. The van der Waals surface area contributed by atoms with Gasteiger partial charge in [0.1, 0.15) is 17.4 Å². The topological polar surface area (TPSA) is 128 Å². The lowest BCUT2D eigenvalue weighted by molar-refractivity contribution is -0.141. The predicted octanol–water partition coefficient (Wildman–Crippen LogP) is 4.51. The molecule has 1 aromatic carbocycles. The molecule has 0 spiro atoms. The Bertz CT molecular complexity index is 1160. The van der Waals surface area contributed by atoms with E-state index in [-0.39, 0.29) is 23.7 Å². The molecule has 3 aromatic rings. The molecule has 0 radical (unpaired) electrons. The van der Waals surface area contributed by atoms with Crippen molar-refractivity contribution in [3.05, 3.63) is 71.4 Å². The van der Waals surface area contributed by atoms with Crippen molar-refractivity contribution in [3.63, 3.8) is 0 Å². The van der Waals surface area contributed by atoms with E-state index in [1.807, 2.05) is 27.7 Å². The van der Waals surface area contributed by atoms with Gasteiger partial charge < -0.3 is 15.5 Å². The van der Waals surface area contributed by atoms with Crippen LogP contribution in [0.15, 0.2) is 52.9 Å². The van der Waals surface area contributed by atoms with Gasteiger partial charge in [-0.2, -0.15) is 13.2 Å². The number of benzene rings is 1. The summed E-state index contributed by atoms with van der Waals surface area (Å²) in [6.45, 7) is 9.39. The molecule has 11 heteroatoms. The Morgan fingerprint density at radius 2 is 1.58 bits per heavy atom. The van der Waals surface area contributed by atoms with Gasteiger partial charge in [-0.3, -0.25) is 14.4 Å². The van der Waals surface area contributed by atoms with E-state index >= 15 is 0 Å². The minimum Gasteiger partial charge on any atom is -0.435 e. The number of nitrogens with zero attached hydrogens (tertiary/aromatic N) is 2. The molecular formula is C25H29F3N4O4. The zero-order valence-electron chi connectivity index (χ0n) is 20.6. The smallest absolute Gasteiger partial charge is 0.433 e. The average molecular weight is 507 g/mol. The zero-order valence-corrected chi connectivity index (χ0v) is 20.6. The number of aryl methyl sites for hydroxylation is 1. The van der Waals surface area contributed by atoms with Crippen LogP contribution >= 0.6 is 0 Å². The Kier molecular flexibility index (Phi) is 11.5. The lowest BCUT2D eigenvalue weighted by Crippen LogP contribution is -2.47. The summed E-state index contributed by atoms with van der Waals surface area (Å²) in [5.41, 5.74) is 4.07. The van der Waals surface area contributed by atoms with Gasteiger partial charge in [-0.15, -0.1) is 0 Å². The largest absolute Gasteiger partial charge is 0.435 e. The van der Waals surface area contributed by atoms with Crippen LogP contribution in [0.25, 0.3) is 11.4 Å². The van der Waals surface area contributed by atoms with Gasteiger partial charge in [-0.05, 0) is 17.7 Å². The zero-order chi connectivity index (χ0) is 27.5. The van der Waals surface area contributed by atoms with Gasteiger partial charge >= 0.3 is 6.18 Å². The third-order valence-corrected chi connectivity index (χ3v) is 4.37. The maximum absolute atomic E-state index is 13.0. The van der Waals surface area contributed by atoms with Gasteiger partial charge in [0.2, 0.25) is 11.5 Å². The number of hydrogen-bond donors (Lipinski definition) is 2. The number of nitrogens with one attached hydrogen (secondary N) is 1. The van der Waals surface area contributed by atoms with Gasteiger partial charge in [0.15, 0.2) is 5.89 Å². The molecule has 0 aliphatic heterocycles. The number of oxazole rings is 1. The second kappa shape index (κ2) is 13.8. The highest BCUT2D eigenvalue weighted by atomic mass is 19.4. The molecule has 36 heavy (non-hydrogen) atoms. The fourth-order valence-electron chi connectivity index (χ4n) is 2.93. The Hall–Kier alpha value is -4.02. The van der Waals surface area contributed by atoms with Crippen molar-refractivity contribution >= 4 is 17.6 Å². The van der Waals surface area contributed by atoms with E-state index in [9.17, 15) is 27.6 Å². The van der Waals surface area contributed by atoms with Crippen molar-refractivity contribution in [2.45, 2.75) is 53.3 Å². The number of aromatic nitrogens is 2. The molecule has 0 fully saturated rings. The molecule has 3 rings (SSSR count). The monoisotopic (exact) mass is 506 g/mol. The molecule has 0 saturated carbocycles. The van der Waals surface area contributed by atoms with Crippen LogP contribution < -0.4 is 11.1 Å². The number of pyridine rings is 1. The number of primary amides is 1. The van der Waals surface area contributed by atoms with E-state index in [0.29, 0.717) is 5.56 Å². The van der Waals surface area contributed by atoms with Crippen molar-refractivity contribution < 1.29 is 32.0 Å². The van der Waals surface area contributed by atoms with Gasteiger partial charge in [0, 0.05) is 13.3 Å². The van der Waals surface area contributed by atoms with Crippen LogP contribution in [-0.4, -0.2) is 33.6 Å². The molecule has 3 N–H and O–H groups in total. The van der Waals surface area contributed by atoms with E-state index in [1.165, 1.54) is 13.0 Å². The third-order valence-electron chi connectivity index (χ3n) is 4.37. The van der Waals surface area contributed by atoms with E-state index in [2.05, 4.69) is 15.3 Å². The average Bonchev–Trinajstić information content (AvgIpc) is 3.27. The van der Waals surface area contributed by atoms with E-state index in [0.717, 1.165) is 12.1 Å². The fourth-order valence-corrected chi connectivity index (χ4v) is 2.93. The first kappa shape index (κ1) is 30.0. The van der Waals surface area contributed by atoms with Crippen LogP contribution in [-0.2, 0) is 22.2 Å². The molecule has 1 atom stereocenters.